The Kier molecular flexibility index (Phi) is 3.37. The van der Waals surface area contributed by atoms with Crippen LogP contribution in [0.2, 0.25) is 0 Å². The van der Waals surface area contributed by atoms with Crippen LogP contribution in [0, 0.1) is 0 Å². The molecule has 0 aliphatic rings. The van der Waals surface area contributed by atoms with Crippen molar-refractivity contribution in [2.45, 2.75) is 30.8 Å². The fourth-order valence-corrected chi connectivity index (χ4v) is 0.615. The predicted molar refractivity (Wildman–Crippen MR) is 27.7 cm³/mol. The zero-order valence-electron chi connectivity index (χ0n) is 6.26. The van der Waals surface area contributed by atoms with E-state index in [2.05, 4.69) is 0 Å². The summed E-state index contributed by atoms with van der Waals surface area (Å²) in [5.41, 5.74) is -5.35. The van der Waals surface area contributed by atoms with Gasteiger partial charge in [0.25, 0.3) is 5.60 Å². The molecule has 0 heterocycles. The molecule has 0 spiro atoms. The van der Waals surface area contributed by atoms with Gasteiger partial charge in [-0.05, 0) is 0 Å². The van der Waals surface area contributed by atoms with Gasteiger partial charge in [0.2, 0.25) is 6.43 Å². The highest BCUT2D eigenvalue weighted by Crippen LogP contribution is 2.46. The lowest BCUT2D eigenvalue weighted by molar-refractivity contribution is -0.375. The second kappa shape index (κ2) is 3.52. The molecule has 0 rings (SSSR count). The van der Waals surface area contributed by atoms with E-state index in [0.717, 1.165) is 0 Å². The third-order valence-corrected chi connectivity index (χ3v) is 1.39. The minimum atomic E-state index is -6.18. The van der Waals surface area contributed by atoms with Crippen molar-refractivity contribution >= 4 is 0 Å². The van der Waals surface area contributed by atoms with Crippen molar-refractivity contribution in [1.82, 2.24) is 0 Å². The van der Waals surface area contributed by atoms with Gasteiger partial charge >= 0.3 is 12.4 Å². The Bertz CT molecular complexity index is 177. The molecular weight excluding hydrogens is 228 g/mol. The smallest absolute Gasteiger partial charge is 0.373 e. The standard InChI is InChI=1S/C5H4F8O/c6-2(7)1-3(14,4(8,9)10)5(11,12)13/h2,14H,1H2. The number of alkyl halides is 8. The van der Waals surface area contributed by atoms with E-state index in [-0.39, 0.29) is 0 Å². The van der Waals surface area contributed by atoms with Gasteiger partial charge in [-0.1, -0.05) is 0 Å². The van der Waals surface area contributed by atoms with Crippen molar-refractivity contribution < 1.29 is 40.2 Å². The summed E-state index contributed by atoms with van der Waals surface area (Å²) in [5.74, 6) is 0. The molecule has 14 heavy (non-hydrogen) atoms. The average molecular weight is 232 g/mol. The van der Waals surface area contributed by atoms with E-state index < -0.39 is 30.8 Å². The largest absolute Gasteiger partial charge is 0.426 e. The summed E-state index contributed by atoms with van der Waals surface area (Å²) in [7, 11) is 0. The predicted octanol–water partition coefficient (Wildman–Crippen LogP) is 2.50. The van der Waals surface area contributed by atoms with Gasteiger partial charge in [-0.2, -0.15) is 26.3 Å². The minimum absolute atomic E-state index is 2.72. The molecule has 1 N–H and O–H groups in total. The third kappa shape index (κ3) is 2.46. The van der Waals surface area contributed by atoms with E-state index in [1.807, 2.05) is 0 Å². The van der Waals surface area contributed by atoms with Crippen molar-refractivity contribution in [3.05, 3.63) is 0 Å². The molecule has 0 saturated heterocycles. The minimum Gasteiger partial charge on any atom is -0.373 e. The number of hydrogen-bond donors (Lipinski definition) is 1. The van der Waals surface area contributed by atoms with E-state index in [0.29, 0.717) is 0 Å². The summed E-state index contributed by atoms with van der Waals surface area (Å²) in [4.78, 5) is 0. The molecule has 0 bridgehead atoms. The lowest BCUT2D eigenvalue weighted by atomic mass is 9.99. The van der Waals surface area contributed by atoms with Crippen molar-refractivity contribution in [1.29, 1.82) is 0 Å². The maximum Gasteiger partial charge on any atom is 0.426 e. The van der Waals surface area contributed by atoms with Gasteiger partial charge in [0.1, 0.15) is 0 Å². The molecule has 0 radical (unpaired) electrons. The van der Waals surface area contributed by atoms with Gasteiger partial charge in [-0.25, -0.2) is 8.78 Å². The molecule has 0 saturated carbocycles. The molecule has 0 aliphatic heterocycles. The van der Waals surface area contributed by atoms with Crippen LogP contribution < -0.4 is 0 Å². The first kappa shape index (κ1) is 13.4. The van der Waals surface area contributed by atoms with Gasteiger partial charge in [0.05, 0.1) is 6.42 Å². The molecule has 0 aromatic heterocycles. The van der Waals surface area contributed by atoms with E-state index in [9.17, 15) is 35.1 Å². The Morgan fingerprint density at radius 2 is 1.14 bits per heavy atom. The molecule has 0 amide bonds. The highest BCUT2D eigenvalue weighted by atomic mass is 19.4. The molecule has 0 aliphatic carbocycles. The molecule has 0 aromatic carbocycles. The van der Waals surface area contributed by atoms with Gasteiger partial charge in [-0.3, -0.25) is 0 Å². The SMILES string of the molecule is OC(CC(F)F)(C(F)(F)F)C(F)(F)F. The Morgan fingerprint density at radius 1 is 0.857 bits per heavy atom. The Labute approximate surface area is 72.3 Å². The quantitative estimate of drug-likeness (QED) is 0.725. The first-order valence-corrected chi connectivity index (χ1v) is 3.06. The Hall–Kier alpha value is -0.600. The monoisotopic (exact) mass is 232 g/mol. The van der Waals surface area contributed by atoms with Crippen LogP contribution in [0.1, 0.15) is 6.42 Å². The molecule has 86 valence electrons. The van der Waals surface area contributed by atoms with Crippen LogP contribution in [-0.4, -0.2) is 29.5 Å². The Balaban J connectivity index is 5.07. The summed E-state index contributed by atoms with van der Waals surface area (Å²) in [6.45, 7) is 0. The van der Waals surface area contributed by atoms with Crippen molar-refractivity contribution in [3.8, 4) is 0 Å². The van der Waals surface area contributed by atoms with Crippen LogP contribution in [0.25, 0.3) is 0 Å². The van der Waals surface area contributed by atoms with Gasteiger partial charge in [0, 0.05) is 0 Å². The zero-order valence-corrected chi connectivity index (χ0v) is 6.26. The first-order chi connectivity index (χ1) is 5.92. The van der Waals surface area contributed by atoms with E-state index in [1.54, 1.807) is 0 Å². The van der Waals surface area contributed by atoms with Crippen LogP contribution >= 0.6 is 0 Å². The molecule has 0 atom stereocenters. The lowest BCUT2D eigenvalue weighted by Crippen LogP contribution is -2.57. The highest BCUT2D eigenvalue weighted by Gasteiger charge is 2.71. The molecule has 1 nitrogen and oxygen atoms in total. The summed E-state index contributed by atoms with van der Waals surface area (Å²) in [5, 5.41) is 8.12. The zero-order chi connectivity index (χ0) is 11.8. The van der Waals surface area contributed by atoms with Crippen molar-refractivity contribution in [2.24, 2.45) is 0 Å². The molecular formula is C5H4F8O. The summed E-state index contributed by atoms with van der Waals surface area (Å²) < 4.78 is 92.8. The van der Waals surface area contributed by atoms with Crippen molar-refractivity contribution in [3.63, 3.8) is 0 Å². The van der Waals surface area contributed by atoms with Crippen LogP contribution in [0.5, 0.6) is 0 Å². The normalized spacial score (nSPS) is 15.0. The highest BCUT2D eigenvalue weighted by molar-refractivity contribution is 4.94. The molecule has 0 aromatic rings. The number of aliphatic hydroxyl groups is 1. The van der Waals surface area contributed by atoms with E-state index in [4.69, 9.17) is 5.11 Å². The van der Waals surface area contributed by atoms with Gasteiger partial charge < -0.3 is 5.11 Å². The van der Waals surface area contributed by atoms with Crippen LogP contribution in [0.4, 0.5) is 35.1 Å². The molecule has 0 unspecified atom stereocenters. The number of halogens is 8. The molecule has 9 heteroatoms. The second-order valence-electron chi connectivity index (χ2n) is 2.45. The maximum absolute atomic E-state index is 11.7. The summed E-state index contributed by atoms with van der Waals surface area (Å²) in [6, 6.07) is 0. The lowest BCUT2D eigenvalue weighted by Gasteiger charge is -2.31. The summed E-state index contributed by atoms with van der Waals surface area (Å²) in [6.07, 6.45) is -19.0. The second-order valence-corrected chi connectivity index (χ2v) is 2.45. The van der Waals surface area contributed by atoms with E-state index in [1.165, 1.54) is 0 Å². The first-order valence-electron chi connectivity index (χ1n) is 3.06. The average Bonchev–Trinajstić information content (AvgIpc) is 1.79. The third-order valence-electron chi connectivity index (χ3n) is 1.39. The van der Waals surface area contributed by atoms with Crippen LogP contribution in [0.3, 0.4) is 0 Å². The van der Waals surface area contributed by atoms with Crippen molar-refractivity contribution in [2.75, 3.05) is 0 Å². The van der Waals surface area contributed by atoms with E-state index >= 15 is 0 Å². The number of rotatable bonds is 2. The molecule has 0 fully saturated rings. The van der Waals surface area contributed by atoms with Crippen LogP contribution in [-0.2, 0) is 0 Å². The maximum atomic E-state index is 11.7. The Morgan fingerprint density at radius 3 is 1.21 bits per heavy atom. The fourth-order valence-electron chi connectivity index (χ4n) is 0.615. The van der Waals surface area contributed by atoms with Gasteiger partial charge in [0.15, 0.2) is 0 Å². The topological polar surface area (TPSA) is 20.2 Å². The number of hydrogen-bond acceptors (Lipinski definition) is 1. The fraction of sp³-hybridized carbons (Fsp3) is 1.00. The van der Waals surface area contributed by atoms with Crippen LogP contribution in [0.15, 0.2) is 0 Å². The van der Waals surface area contributed by atoms with Gasteiger partial charge in [-0.15, -0.1) is 0 Å². The summed E-state index contributed by atoms with van der Waals surface area (Å²) >= 11 is 0.